The van der Waals surface area contributed by atoms with Gasteiger partial charge in [-0.15, -0.1) is 0 Å². The highest BCUT2D eigenvalue weighted by molar-refractivity contribution is 6.22. The number of hydrogen-bond donors (Lipinski definition) is 0. The molecule has 0 saturated heterocycles. The van der Waals surface area contributed by atoms with Gasteiger partial charge in [-0.3, -0.25) is 0 Å². The average Bonchev–Trinajstić information content (AvgIpc) is 3.34. The van der Waals surface area contributed by atoms with Crippen LogP contribution in [0.15, 0.2) is 218 Å². The molecule has 0 fully saturated rings. The third-order valence-corrected chi connectivity index (χ3v) is 11.3. The number of aromatic nitrogens is 4. The van der Waals surface area contributed by atoms with Crippen LogP contribution in [0.3, 0.4) is 0 Å². The first kappa shape index (κ1) is 35.1. The molecule has 4 heteroatoms. The summed E-state index contributed by atoms with van der Waals surface area (Å²) in [4.78, 5) is 20.6. The van der Waals surface area contributed by atoms with E-state index in [0.29, 0.717) is 17.5 Å². The SMILES string of the molecule is c1ccc(-c2ccc(-c3nc(-c4ccc(-c5ccccc5)cc4)nc(-c4ccc(-c5nc6ccc(-c7ccccc7)cc6c6c5ccc5ccccc56)cc4)n3)cc2)cc1. The highest BCUT2D eigenvalue weighted by Gasteiger charge is 2.17. The van der Waals surface area contributed by atoms with Crippen molar-refractivity contribution >= 4 is 32.4 Å². The Labute approximate surface area is 348 Å². The summed E-state index contributed by atoms with van der Waals surface area (Å²) in [5.41, 5.74) is 12.6. The Bertz CT molecular complexity index is 3210. The number of fused-ring (bicyclic) bond motifs is 5. The molecule has 0 aliphatic heterocycles. The van der Waals surface area contributed by atoms with Crippen molar-refractivity contribution in [2.75, 3.05) is 0 Å². The second-order valence-electron chi connectivity index (χ2n) is 15.0. The molecule has 2 aromatic heterocycles. The lowest BCUT2D eigenvalue weighted by molar-refractivity contribution is 1.07. The fourth-order valence-electron chi connectivity index (χ4n) is 8.23. The molecule has 9 aromatic carbocycles. The first-order valence-electron chi connectivity index (χ1n) is 20.2. The van der Waals surface area contributed by atoms with Crippen molar-refractivity contribution in [3.8, 4) is 78.8 Å². The predicted molar refractivity (Wildman–Crippen MR) is 248 cm³/mol. The standard InChI is InChI=1S/C56H36N4/c1-4-12-37(13-5-1)40-20-26-44(27-21-40)54-58-55(45-28-22-41(23-29-45)38-14-6-2-7-15-38)60-56(59-54)46-30-24-43(25-31-46)53-49-34-32-42-18-10-11-19-48(42)52(49)50-36-47(33-35-51(50)57-53)39-16-8-3-9-17-39/h1-36H. The summed E-state index contributed by atoms with van der Waals surface area (Å²) in [7, 11) is 0. The Hall–Kier alpha value is -8.08. The van der Waals surface area contributed by atoms with Crippen LogP contribution in [0.25, 0.3) is 111 Å². The van der Waals surface area contributed by atoms with Gasteiger partial charge in [0.2, 0.25) is 0 Å². The van der Waals surface area contributed by atoms with Gasteiger partial charge >= 0.3 is 0 Å². The molecule has 0 N–H and O–H groups in total. The molecule has 11 rings (SSSR count). The number of nitrogens with zero attached hydrogens (tertiary/aromatic N) is 4. The maximum absolute atomic E-state index is 5.34. The summed E-state index contributed by atoms with van der Waals surface area (Å²) in [6.45, 7) is 0. The molecular weight excluding hydrogens is 729 g/mol. The number of hydrogen-bond acceptors (Lipinski definition) is 4. The lowest BCUT2D eigenvalue weighted by Crippen LogP contribution is -2.00. The van der Waals surface area contributed by atoms with Gasteiger partial charge in [-0.05, 0) is 56.3 Å². The van der Waals surface area contributed by atoms with Crippen LogP contribution >= 0.6 is 0 Å². The fraction of sp³-hybridized carbons (Fsp3) is 0. The van der Waals surface area contributed by atoms with E-state index in [4.69, 9.17) is 19.9 Å². The highest BCUT2D eigenvalue weighted by atomic mass is 15.0. The van der Waals surface area contributed by atoms with Gasteiger partial charge in [0.15, 0.2) is 17.5 Å². The van der Waals surface area contributed by atoms with Crippen LogP contribution in [0.5, 0.6) is 0 Å². The quantitative estimate of drug-likeness (QED) is 0.152. The van der Waals surface area contributed by atoms with E-state index in [9.17, 15) is 0 Å². The second kappa shape index (κ2) is 15.0. The van der Waals surface area contributed by atoms with E-state index in [1.807, 2.05) is 12.1 Å². The normalized spacial score (nSPS) is 11.3. The van der Waals surface area contributed by atoms with Crippen molar-refractivity contribution in [3.63, 3.8) is 0 Å². The molecule has 0 unspecified atom stereocenters. The van der Waals surface area contributed by atoms with Gasteiger partial charge in [-0.1, -0.05) is 206 Å². The van der Waals surface area contributed by atoms with Crippen molar-refractivity contribution in [3.05, 3.63) is 218 Å². The van der Waals surface area contributed by atoms with E-state index in [1.54, 1.807) is 0 Å². The first-order valence-corrected chi connectivity index (χ1v) is 20.2. The molecule has 2 heterocycles. The smallest absolute Gasteiger partial charge is 0.164 e. The summed E-state index contributed by atoms with van der Waals surface area (Å²) < 4.78 is 0. The minimum Gasteiger partial charge on any atom is -0.247 e. The zero-order chi connectivity index (χ0) is 39.8. The molecule has 0 aliphatic rings. The summed E-state index contributed by atoms with van der Waals surface area (Å²) in [5, 5.41) is 5.88. The van der Waals surface area contributed by atoms with E-state index in [2.05, 4.69) is 206 Å². The van der Waals surface area contributed by atoms with Gasteiger partial charge in [0, 0.05) is 38.4 Å². The maximum atomic E-state index is 5.34. The second-order valence-corrected chi connectivity index (χ2v) is 15.0. The summed E-state index contributed by atoms with van der Waals surface area (Å²) >= 11 is 0. The summed E-state index contributed by atoms with van der Waals surface area (Å²) in [5.74, 6) is 1.85. The molecule has 0 spiro atoms. The molecule has 0 aliphatic carbocycles. The van der Waals surface area contributed by atoms with E-state index in [-0.39, 0.29) is 0 Å². The first-order chi connectivity index (χ1) is 29.7. The van der Waals surface area contributed by atoms with Crippen LogP contribution in [-0.2, 0) is 0 Å². The van der Waals surface area contributed by atoms with Gasteiger partial charge in [0.1, 0.15) is 0 Å². The Balaban J connectivity index is 1.02. The van der Waals surface area contributed by atoms with Crippen molar-refractivity contribution in [2.45, 2.75) is 0 Å². The molecule has 11 aromatic rings. The summed E-state index contributed by atoms with van der Waals surface area (Å²) in [6.07, 6.45) is 0. The maximum Gasteiger partial charge on any atom is 0.164 e. The molecule has 0 bridgehead atoms. The van der Waals surface area contributed by atoms with Crippen LogP contribution in [0.1, 0.15) is 0 Å². The van der Waals surface area contributed by atoms with Gasteiger partial charge in [-0.2, -0.15) is 0 Å². The topological polar surface area (TPSA) is 51.6 Å². The lowest BCUT2D eigenvalue weighted by atomic mass is 9.93. The Morgan fingerprint density at radius 2 is 0.633 bits per heavy atom. The number of pyridine rings is 1. The van der Waals surface area contributed by atoms with Crippen molar-refractivity contribution in [1.29, 1.82) is 0 Å². The molecule has 0 radical (unpaired) electrons. The van der Waals surface area contributed by atoms with Gasteiger partial charge in [-0.25, -0.2) is 19.9 Å². The third kappa shape index (κ3) is 6.56. The molecule has 0 amide bonds. The van der Waals surface area contributed by atoms with Crippen LogP contribution in [0.4, 0.5) is 0 Å². The van der Waals surface area contributed by atoms with E-state index < -0.39 is 0 Å². The number of benzene rings is 9. The monoisotopic (exact) mass is 764 g/mol. The van der Waals surface area contributed by atoms with E-state index in [0.717, 1.165) is 55.4 Å². The lowest BCUT2D eigenvalue weighted by Gasteiger charge is -2.14. The zero-order valence-corrected chi connectivity index (χ0v) is 32.6. The molecule has 280 valence electrons. The third-order valence-electron chi connectivity index (χ3n) is 11.3. The van der Waals surface area contributed by atoms with E-state index in [1.165, 1.54) is 38.4 Å². The molecule has 60 heavy (non-hydrogen) atoms. The largest absolute Gasteiger partial charge is 0.247 e. The predicted octanol–water partition coefficient (Wildman–Crippen LogP) is 14.4. The molecular formula is C56H36N4. The van der Waals surface area contributed by atoms with Crippen molar-refractivity contribution in [2.24, 2.45) is 0 Å². The van der Waals surface area contributed by atoms with Crippen molar-refractivity contribution in [1.82, 2.24) is 19.9 Å². The fourth-order valence-corrected chi connectivity index (χ4v) is 8.23. The van der Waals surface area contributed by atoms with Crippen LogP contribution in [0.2, 0.25) is 0 Å². The van der Waals surface area contributed by atoms with Crippen LogP contribution in [0, 0.1) is 0 Å². The number of rotatable bonds is 7. The van der Waals surface area contributed by atoms with Gasteiger partial charge in [0.25, 0.3) is 0 Å². The highest BCUT2D eigenvalue weighted by Crippen LogP contribution is 2.39. The Kier molecular flexibility index (Phi) is 8.79. The minimum atomic E-state index is 0.608. The average molecular weight is 765 g/mol. The zero-order valence-electron chi connectivity index (χ0n) is 32.6. The van der Waals surface area contributed by atoms with Gasteiger partial charge < -0.3 is 0 Å². The Morgan fingerprint density at radius 3 is 1.15 bits per heavy atom. The minimum absolute atomic E-state index is 0.608. The van der Waals surface area contributed by atoms with Crippen LogP contribution in [-0.4, -0.2) is 19.9 Å². The summed E-state index contributed by atoms with van der Waals surface area (Å²) in [6, 6.07) is 76.4. The molecule has 0 saturated carbocycles. The van der Waals surface area contributed by atoms with Gasteiger partial charge in [0.05, 0.1) is 11.2 Å². The van der Waals surface area contributed by atoms with E-state index >= 15 is 0 Å². The molecule has 4 nitrogen and oxygen atoms in total. The Morgan fingerprint density at radius 1 is 0.233 bits per heavy atom. The van der Waals surface area contributed by atoms with Crippen LogP contribution < -0.4 is 0 Å². The molecule has 0 atom stereocenters. The van der Waals surface area contributed by atoms with Crippen molar-refractivity contribution < 1.29 is 0 Å².